The molecule has 6 heterocycles. The van der Waals surface area contributed by atoms with Crippen molar-refractivity contribution in [2.75, 3.05) is 6.54 Å². The fourth-order valence-electron chi connectivity index (χ4n) is 8.38. The Morgan fingerprint density at radius 2 is 1.06 bits per heavy atom. The van der Waals surface area contributed by atoms with Crippen molar-refractivity contribution in [3.05, 3.63) is 180 Å². The predicted octanol–water partition coefficient (Wildman–Crippen LogP) is 18.8. The van der Waals surface area contributed by atoms with Crippen LogP contribution in [-0.4, -0.2) is 52.0 Å². The van der Waals surface area contributed by atoms with E-state index in [1.54, 1.807) is 6.33 Å². The van der Waals surface area contributed by atoms with Crippen LogP contribution in [0.5, 0.6) is 0 Å². The van der Waals surface area contributed by atoms with Crippen LogP contribution in [0, 0.1) is 47.3 Å². The number of aliphatic imine (C=N–C) groups is 2. The lowest BCUT2D eigenvalue weighted by Gasteiger charge is -2.07. The topological polar surface area (TPSA) is 102 Å². The molecule has 2 aliphatic rings. The van der Waals surface area contributed by atoms with E-state index in [2.05, 4.69) is 250 Å². The normalized spacial score (nSPS) is 12.4. The van der Waals surface area contributed by atoms with E-state index < -0.39 is 0 Å². The monoisotopic (exact) mass is 1090 g/mol. The highest BCUT2D eigenvalue weighted by atomic mass is 15.0. The number of benzene rings is 2. The highest BCUT2D eigenvalue weighted by Crippen LogP contribution is 2.22. The first-order chi connectivity index (χ1) is 37.9. The van der Waals surface area contributed by atoms with Crippen molar-refractivity contribution in [1.82, 2.24) is 34.1 Å². The van der Waals surface area contributed by atoms with E-state index >= 15 is 0 Å². The molecule has 80 heavy (non-hydrogen) atoms. The molecule has 8 rings (SSSR count). The zero-order valence-corrected chi connectivity index (χ0v) is 54.2. The van der Waals surface area contributed by atoms with Crippen LogP contribution in [0.3, 0.4) is 0 Å². The van der Waals surface area contributed by atoms with E-state index in [4.69, 9.17) is 0 Å². The quantitative estimate of drug-likeness (QED) is 0.0983. The summed E-state index contributed by atoms with van der Waals surface area (Å²) in [5.41, 5.74) is 13.3. The molecule has 4 aromatic heterocycles. The van der Waals surface area contributed by atoms with Crippen LogP contribution < -0.4 is 0 Å². The Hall–Kier alpha value is -5.96. The third-order valence-electron chi connectivity index (χ3n) is 12.1. The van der Waals surface area contributed by atoms with E-state index in [0.29, 0.717) is 17.8 Å². The molecule has 0 aliphatic carbocycles. The summed E-state index contributed by atoms with van der Waals surface area (Å²) < 4.78 is 4.09. The van der Waals surface area contributed by atoms with Gasteiger partial charge in [-0.2, -0.15) is 0 Å². The van der Waals surface area contributed by atoms with Crippen LogP contribution in [0.25, 0.3) is 0 Å². The molecule has 0 saturated carbocycles. The Morgan fingerprint density at radius 3 is 1.45 bits per heavy atom. The van der Waals surface area contributed by atoms with Crippen molar-refractivity contribution in [3.63, 3.8) is 0 Å². The van der Waals surface area contributed by atoms with Crippen molar-refractivity contribution in [1.29, 1.82) is 0 Å². The molecule has 442 valence electrons. The van der Waals surface area contributed by atoms with Crippen LogP contribution in [0.2, 0.25) is 0 Å². The van der Waals surface area contributed by atoms with Gasteiger partial charge in [-0.05, 0) is 154 Å². The predicted molar refractivity (Wildman–Crippen MR) is 349 cm³/mol. The maximum absolute atomic E-state index is 4.41. The van der Waals surface area contributed by atoms with Crippen LogP contribution in [0.15, 0.2) is 162 Å². The molecule has 0 radical (unpaired) electrons. The highest BCUT2D eigenvalue weighted by Gasteiger charge is 2.13. The second-order valence-electron chi connectivity index (χ2n) is 25.0. The maximum atomic E-state index is 4.41. The second kappa shape index (κ2) is 42.9. The van der Waals surface area contributed by atoms with Gasteiger partial charge in [0.25, 0.3) is 0 Å². The molecule has 1 N–H and O–H groups in total. The van der Waals surface area contributed by atoms with Crippen LogP contribution >= 0.6 is 0 Å². The Morgan fingerprint density at radius 1 is 0.525 bits per heavy atom. The van der Waals surface area contributed by atoms with Crippen LogP contribution in [0.4, 0.5) is 0 Å². The van der Waals surface area contributed by atoms with Gasteiger partial charge >= 0.3 is 0 Å². The van der Waals surface area contributed by atoms with E-state index in [9.17, 15) is 0 Å². The first-order valence-electron chi connectivity index (χ1n) is 30.2. The lowest BCUT2D eigenvalue weighted by Crippen LogP contribution is -1.99. The lowest BCUT2D eigenvalue weighted by molar-refractivity contribution is 0.516. The maximum Gasteiger partial charge on any atom is 0.0946 e. The molecule has 9 heteroatoms. The number of hydrogen-bond acceptors (Lipinski definition) is 6. The number of rotatable bonds is 17. The summed E-state index contributed by atoms with van der Waals surface area (Å²) in [7, 11) is 2.00. The molecular weight excluding hydrogens is 979 g/mol. The van der Waals surface area contributed by atoms with Crippen molar-refractivity contribution in [2.45, 2.75) is 196 Å². The fraction of sp³-hybridized carbons (Fsp3) is 0.549. The number of nitrogens with one attached hydrogen (secondary N) is 1. The molecule has 2 aliphatic heterocycles. The highest BCUT2D eigenvalue weighted by molar-refractivity contribution is 6.00. The molecule has 0 fully saturated rings. The van der Waals surface area contributed by atoms with Crippen molar-refractivity contribution in [2.24, 2.45) is 64.4 Å². The smallest absolute Gasteiger partial charge is 0.0946 e. The summed E-state index contributed by atoms with van der Waals surface area (Å²) >= 11 is 0. The summed E-state index contributed by atoms with van der Waals surface area (Å²) in [4.78, 5) is 28.2. The van der Waals surface area contributed by atoms with Crippen LogP contribution in [-0.2, 0) is 45.7 Å². The van der Waals surface area contributed by atoms with E-state index in [0.717, 1.165) is 74.8 Å². The van der Waals surface area contributed by atoms with Gasteiger partial charge in [0.15, 0.2) is 0 Å². The van der Waals surface area contributed by atoms with Gasteiger partial charge in [0, 0.05) is 79.5 Å². The Balaban J connectivity index is 0.000000457. The first kappa shape index (κ1) is 72.1. The molecule has 0 unspecified atom stereocenters. The first-order valence-corrected chi connectivity index (χ1v) is 30.2. The van der Waals surface area contributed by atoms with Gasteiger partial charge in [0.05, 0.1) is 31.2 Å². The number of H-pyrrole nitrogens is 1. The SMILES string of the molecule is CC(C)CCn1ccnc1.CC(C)Cc1ccccc1.CC(C)Cc1ccccc1.CC(C)Cc1ccccn1.CC(C)Cc1cn(C)cn1.CC(C)Cc1cnc[nH]1.CC1=NC(CC(C)C)=CC1.CC1=NCC(C)=C1CC(C)C. The summed E-state index contributed by atoms with van der Waals surface area (Å²) in [5.74, 6) is 5.92. The number of imidazole rings is 3. The van der Waals surface area contributed by atoms with Gasteiger partial charge in [-0.15, -0.1) is 0 Å². The number of aromatic nitrogens is 7. The molecule has 2 aromatic carbocycles. The Kier molecular flexibility index (Phi) is 38.6. The van der Waals surface area contributed by atoms with Crippen molar-refractivity contribution < 1.29 is 0 Å². The minimum absolute atomic E-state index is 0.704. The largest absolute Gasteiger partial charge is 0.348 e. The average molecular weight is 1090 g/mol. The number of pyridine rings is 1. The summed E-state index contributed by atoms with van der Waals surface area (Å²) in [6.45, 7) is 44.0. The van der Waals surface area contributed by atoms with Crippen molar-refractivity contribution >= 4 is 11.4 Å². The number of aryl methyl sites for hydroxylation is 2. The summed E-state index contributed by atoms with van der Waals surface area (Å²) in [6.07, 6.45) is 27.6. The fourth-order valence-corrected chi connectivity index (χ4v) is 8.38. The lowest BCUT2D eigenvalue weighted by atomic mass is 9.97. The van der Waals surface area contributed by atoms with Gasteiger partial charge in [-0.3, -0.25) is 15.0 Å². The third-order valence-corrected chi connectivity index (χ3v) is 12.1. The number of aromatic amines is 1. The van der Waals surface area contributed by atoms with E-state index in [1.807, 2.05) is 61.2 Å². The van der Waals surface area contributed by atoms with Gasteiger partial charge in [0.1, 0.15) is 0 Å². The molecule has 9 nitrogen and oxygen atoms in total. The average Bonchev–Trinajstić information content (AvgIpc) is 4.27. The summed E-state index contributed by atoms with van der Waals surface area (Å²) in [6, 6.07) is 27.3. The molecule has 0 atom stereocenters. The zero-order valence-electron chi connectivity index (χ0n) is 54.2. The number of allylic oxidation sites excluding steroid dienone is 3. The molecule has 0 spiro atoms. The third kappa shape index (κ3) is 39.4. The Bertz CT molecular complexity index is 2390. The number of hydrogen-bond donors (Lipinski definition) is 1. The van der Waals surface area contributed by atoms with Gasteiger partial charge in [0.2, 0.25) is 0 Å². The molecule has 0 saturated heterocycles. The van der Waals surface area contributed by atoms with Gasteiger partial charge < -0.3 is 14.1 Å². The van der Waals surface area contributed by atoms with Gasteiger partial charge in [-0.25, -0.2) is 15.0 Å². The molecule has 0 amide bonds. The van der Waals surface area contributed by atoms with Crippen LogP contribution in [0.1, 0.15) is 185 Å². The Labute approximate surface area is 490 Å². The molecule has 6 aromatic rings. The second-order valence-corrected chi connectivity index (χ2v) is 25.0. The van der Waals surface area contributed by atoms with Gasteiger partial charge in [-0.1, -0.05) is 184 Å². The van der Waals surface area contributed by atoms with E-state index in [-0.39, 0.29) is 0 Å². The minimum Gasteiger partial charge on any atom is -0.348 e. The zero-order chi connectivity index (χ0) is 59.8. The summed E-state index contributed by atoms with van der Waals surface area (Å²) in [5, 5.41) is 0. The minimum atomic E-state index is 0.704. The molecular formula is C71H113N9. The molecule has 0 bridgehead atoms. The number of nitrogens with zero attached hydrogens (tertiary/aromatic N) is 8. The van der Waals surface area contributed by atoms with Crippen molar-refractivity contribution in [3.8, 4) is 0 Å². The standard InChI is InChI=1S/C10H17N.2C10H14.C9H15N.C9H13N.2C8H14N2.C7H12N2/c1-7(2)5-10-8(3)6-11-9(10)4;2*1-9(2)8-10-6-4-3-5-7-10;1-7(2)6-9-5-4-8(3)10-9;1-8(2)7-9-5-3-4-6-10-9;1-7(2)4-8-5-10(3)6-9-8;1-8(2)3-5-10-6-4-9-7-10;1-6(2)3-7-4-8-5-9-7/h7H,5-6H2,1-4H3;2*3-7,9H,8H2,1-2H3;5,7H,4,6H2,1-3H3;3-6,8H,7H2,1-2H3;5-7H,4H2,1-3H3;4,6-8H,3,5H2,1-2H3;4-6H,3H2,1-2H3,(H,8,9). The van der Waals surface area contributed by atoms with E-state index in [1.165, 1.54) is 82.2 Å².